The van der Waals surface area contributed by atoms with Crippen molar-refractivity contribution >= 4 is 108 Å². The van der Waals surface area contributed by atoms with Gasteiger partial charge in [-0.2, -0.15) is 0 Å². The Balaban J connectivity index is 1.06. The molecule has 0 saturated carbocycles. The molecule has 15 rings (SSSR count). The Morgan fingerprint density at radius 3 is 0.924 bits per heavy atom. The van der Waals surface area contributed by atoms with E-state index in [1.165, 1.54) is 86.2 Å². The van der Waals surface area contributed by atoms with Gasteiger partial charge in [0.1, 0.15) is 0 Å². The van der Waals surface area contributed by atoms with Gasteiger partial charge >= 0.3 is 0 Å². The van der Waals surface area contributed by atoms with Gasteiger partial charge in [0.15, 0.2) is 0 Å². The Morgan fingerprint density at radius 2 is 0.530 bits per heavy atom. The topological polar surface area (TPSA) is 25.8 Å². The smallest absolute Gasteiger partial charge is 0.0978 e. The van der Waals surface area contributed by atoms with Crippen LogP contribution in [0.5, 0.6) is 0 Å². The van der Waals surface area contributed by atoms with Crippen LogP contribution in [0.1, 0.15) is 0 Å². The van der Waals surface area contributed by atoms with E-state index >= 15 is 0 Å². The molecular weight excluding hydrogens is 797 g/mol. The minimum absolute atomic E-state index is 0.891. The minimum atomic E-state index is 0.891. The Hall–Kier alpha value is -8.72. The number of aromatic nitrogens is 2. The normalized spacial score (nSPS) is 12.2. The van der Waals surface area contributed by atoms with E-state index in [9.17, 15) is 0 Å². The zero-order chi connectivity index (χ0) is 43.0. The van der Waals surface area contributed by atoms with E-state index in [-0.39, 0.29) is 0 Å². The van der Waals surface area contributed by atoms with E-state index in [2.05, 4.69) is 218 Å². The molecule has 2 aromatic heterocycles. The highest BCUT2D eigenvalue weighted by Gasteiger charge is 2.22. The number of rotatable bonds is 4. The highest BCUT2D eigenvalue weighted by molar-refractivity contribution is 6.35. The predicted molar refractivity (Wildman–Crippen MR) is 281 cm³/mol. The molecule has 0 atom stereocenters. The molecule has 0 aliphatic carbocycles. The van der Waals surface area contributed by atoms with Gasteiger partial charge in [-0.3, -0.25) is 0 Å². The summed E-state index contributed by atoms with van der Waals surface area (Å²) in [7, 11) is 0. The molecule has 0 unspecified atom stereocenters. The van der Waals surface area contributed by atoms with E-state index in [1.807, 2.05) is 0 Å². The molecule has 66 heavy (non-hydrogen) atoms. The van der Waals surface area contributed by atoms with E-state index in [0.29, 0.717) is 0 Å². The maximum Gasteiger partial charge on any atom is 0.0978 e. The van der Waals surface area contributed by atoms with Crippen molar-refractivity contribution in [2.75, 3.05) is 0 Å². The van der Waals surface area contributed by atoms with Crippen LogP contribution in [0.25, 0.3) is 153 Å². The lowest BCUT2D eigenvalue weighted by Crippen LogP contribution is -1.97. The molecule has 13 aromatic carbocycles. The third kappa shape index (κ3) is 4.90. The fourth-order valence-corrected chi connectivity index (χ4v) is 11.7. The third-order valence-corrected chi connectivity index (χ3v) is 14.5. The van der Waals surface area contributed by atoms with Gasteiger partial charge in [-0.25, -0.2) is 9.97 Å². The maximum absolute atomic E-state index is 5.76. The van der Waals surface area contributed by atoms with Crippen LogP contribution in [0.2, 0.25) is 0 Å². The largest absolute Gasteiger partial charge is 0.245 e. The highest BCUT2D eigenvalue weighted by atomic mass is 14.8. The average molecular weight is 833 g/mol. The molecule has 0 fully saturated rings. The average Bonchev–Trinajstić information content (AvgIpc) is 3.39. The Kier molecular flexibility index (Phi) is 7.25. The number of nitrogens with zero attached hydrogens (tertiary/aromatic N) is 2. The number of fused-ring (bicyclic) bond motifs is 7. The van der Waals surface area contributed by atoms with Crippen LogP contribution in [0, 0.1) is 0 Å². The van der Waals surface area contributed by atoms with Gasteiger partial charge in [0.2, 0.25) is 0 Å². The molecule has 15 aromatic rings. The Labute approximate surface area is 379 Å². The van der Waals surface area contributed by atoms with Gasteiger partial charge < -0.3 is 0 Å². The van der Waals surface area contributed by atoms with Crippen LogP contribution >= 0.6 is 0 Å². The maximum atomic E-state index is 5.76. The molecular formula is C64H36N2. The standard InChI is InChI=1S/C64H36N2/c1-3-13-37(14-4-1)55-35-57(41-29-31-51-47-23-9-19-39-17-7-21-45(59(39)47)49-27-11-25-43(41)61(49)51)65-63-53(55)33-34-54-56(38-15-5-2-6-16-38)36-58(66-64(54)63)42-30-32-52-48-24-10-20-40-18-8-22-46(60(40)48)50-28-12-26-44(42)62(50)52/h1-36H. The quantitative estimate of drug-likeness (QED) is 0.130. The first kappa shape index (κ1) is 35.7. The molecule has 2 heteroatoms. The third-order valence-electron chi connectivity index (χ3n) is 14.5. The van der Waals surface area contributed by atoms with Gasteiger partial charge in [0.25, 0.3) is 0 Å². The van der Waals surface area contributed by atoms with E-state index in [1.54, 1.807) is 0 Å². The summed E-state index contributed by atoms with van der Waals surface area (Å²) in [6, 6.07) is 80.3. The first-order valence-electron chi connectivity index (χ1n) is 22.8. The first-order valence-corrected chi connectivity index (χ1v) is 22.8. The minimum Gasteiger partial charge on any atom is -0.245 e. The molecule has 0 N–H and O–H groups in total. The van der Waals surface area contributed by atoms with Crippen molar-refractivity contribution in [3.05, 3.63) is 218 Å². The van der Waals surface area contributed by atoms with Crippen LogP contribution in [0.4, 0.5) is 0 Å². The van der Waals surface area contributed by atoms with Gasteiger partial charge in [0.05, 0.1) is 22.4 Å². The monoisotopic (exact) mass is 832 g/mol. The molecule has 0 saturated heterocycles. The van der Waals surface area contributed by atoms with Crippen molar-refractivity contribution < 1.29 is 0 Å². The summed E-state index contributed by atoms with van der Waals surface area (Å²) < 4.78 is 0. The predicted octanol–water partition coefficient (Wildman–Crippen LogP) is 17.6. The fourth-order valence-electron chi connectivity index (χ4n) is 11.7. The van der Waals surface area contributed by atoms with Crippen molar-refractivity contribution in [3.63, 3.8) is 0 Å². The summed E-state index contributed by atoms with van der Waals surface area (Å²) >= 11 is 0. The van der Waals surface area contributed by atoms with Crippen molar-refractivity contribution in [2.24, 2.45) is 0 Å². The van der Waals surface area contributed by atoms with Crippen molar-refractivity contribution in [1.82, 2.24) is 9.97 Å². The summed E-state index contributed by atoms with van der Waals surface area (Å²) in [5, 5.41) is 22.5. The van der Waals surface area contributed by atoms with E-state index in [0.717, 1.165) is 66.6 Å². The zero-order valence-electron chi connectivity index (χ0n) is 35.7. The molecule has 302 valence electrons. The van der Waals surface area contributed by atoms with Gasteiger partial charge in [-0.1, -0.05) is 206 Å². The summed E-state index contributed by atoms with van der Waals surface area (Å²) in [6.07, 6.45) is 0. The van der Waals surface area contributed by atoms with Crippen molar-refractivity contribution in [2.45, 2.75) is 0 Å². The van der Waals surface area contributed by atoms with Crippen molar-refractivity contribution in [1.29, 1.82) is 0 Å². The summed E-state index contributed by atoms with van der Waals surface area (Å²) in [5.41, 5.74) is 10.4. The SMILES string of the molecule is c1ccc(-c2cc(-c3ccc4c5cccc6cccc(c7cccc3c74)c65)nc3c2ccc2c(-c4ccccc4)cc(-c4ccc5c6cccc7cccc(c8cccc4c85)c76)nc23)cc1. The van der Waals surface area contributed by atoms with Crippen LogP contribution < -0.4 is 0 Å². The second kappa shape index (κ2) is 13.4. The fraction of sp³-hybridized carbons (Fsp3) is 0. The van der Waals surface area contributed by atoms with Crippen LogP contribution in [-0.2, 0) is 0 Å². The molecule has 0 bridgehead atoms. The zero-order valence-corrected chi connectivity index (χ0v) is 35.7. The number of hydrogen-bond donors (Lipinski definition) is 0. The Morgan fingerprint density at radius 1 is 0.212 bits per heavy atom. The number of benzene rings is 13. The molecule has 0 amide bonds. The molecule has 0 radical (unpaired) electrons. The van der Waals surface area contributed by atoms with Crippen molar-refractivity contribution in [3.8, 4) is 44.8 Å². The molecule has 0 aliphatic rings. The summed E-state index contributed by atoms with van der Waals surface area (Å²) in [5.74, 6) is 0. The summed E-state index contributed by atoms with van der Waals surface area (Å²) in [6.45, 7) is 0. The molecule has 2 nitrogen and oxygen atoms in total. The second-order valence-corrected chi connectivity index (χ2v) is 17.9. The second-order valence-electron chi connectivity index (χ2n) is 17.9. The molecule has 0 spiro atoms. The lowest BCUT2D eigenvalue weighted by Gasteiger charge is -2.19. The van der Waals surface area contributed by atoms with Gasteiger partial charge in [-0.05, 0) is 121 Å². The van der Waals surface area contributed by atoms with Crippen LogP contribution in [-0.4, -0.2) is 9.97 Å². The van der Waals surface area contributed by atoms with E-state index < -0.39 is 0 Å². The highest BCUT2D eigenvalue weighted by Crippen LogP contribution is 2.47. The van der Waals surface area contributed by atoms with Gasteiger partial charge in [0, 0.05) is 21.9 Å². The lowest BCUT2D eigenvalue weighted by atomic mass is 9.87. The summed E-state index contributed by atoms with van der Waals surface area (Å²) in [4.78, 5) is 11.5. The van der Waals surface area contributed by atoms with Crippen LogP contribution in [0.15, 0.2) is 218 Å². The number of hydrogen-bond acceptors (Lipinski definition) is 2. The van der Waals surface area contributed by atoms with E-state index in [4.69, 9.17) is 9.97 Å². The van der Waals surface area contributed by atoms with Crippen LogP contribution in [0.3, 0.4) is 0 Å². The lowest BCUT2D eigenvalue weighted by molar-refractivity contribution is 1.37. The van der Waals surface area contributed by atoms with Gasteiger partial charge in [-0.15, -0.1) is 0 Å². The molecule has 0 aliphatic heterocycles. The first-order chi connectivity index (χ1) is 32.7. The Bertz CT molecular complexity index is 4100. The number of pyridine rings is 2. The molecule has 2 heterocycles.